The van der Waals surface area contributed by atoms with E-state index < -0.39 is 0 Å². The maximum atomic E-state index is 9.79. The van der Waals surface area contributed by atoms with Gasteiger partial charge >= 0.3 is 0 Å². The van der Waals surface area contributed by atoms with Gasteiger partial charge in [0.2, 0.25) is 6.41 Å². The molecule has 0 aliphatic rings. The quantitative estimate of drug-likeness (QED) is 0.405. The van der Waals surface area contributed by atoms with E-state index >= 15 is 0 Å². The maximum Gasteiger partial charge on any atom is 0.207 e. The van der Waals surface area contributed by atoms with Crippen molar-refractivity contribution in [2.45, 2.75) is 73.6 Å². The molecule has 4 nitrogen and oxygen atoms in total. The molecule has 4 N–H and O–H groups in total. The monoisotopic (exact) mass is 315 g/mol. The molecule has 0 aliphatic carbocycles. The lowest BCUT2D eigenvalue weighted by molar-refractivity contribution is -0.109. The predicted octanol–water partition coefficient (Wildman–Crippen LogP) is 3.31. The first kappa shape index (κ1) is 23.7. The Morgan fingerprint density at radius 3 is 2.00 bits per heavy atom. The van der Waals surface area contributed by atoms with Gasteiger partial charge in [-0.3, -0.25) is 4.79 Å². The number of nitrogens with one attached hydrogen (secondary N) is 2. The van der Waals surface area contributed by atoms with Crippen molar-refractivity contribution in [1.29, 1.82) is 0 Å². The lowest BCUT2D eigenvalue weighted by Gasteiger charge is -2.27. The first-order valence-electron chi connectivity index (χ1n) is 8.76. The number of hydrogen-bond acceptors (Lipinski definition) is 3. The summed E-state index contributed by atoms with van der Waals surface area (Å²) in [6, 6.07) is 0. The number of rotatable bonds is 11. The molecule has 0 aromatic rings. The summed E-state index contributed by atoms with van der Waals surface area (Å²) < 4.78 is 0. The summed E-state index contributed by atoms with van der Waals surface area (Å²) in [6.07, 6.45) is 6.70. The Balaban J connectivity index is 0. The standard InChI is InChI=1S/C11H24.C7H17N3O/c1-7-11(5,6)9-8-10(2,3)4;8-3-1-4-9-5-2-6-10-7-11/h7-9H2,1-6H3;7,9H,1-6,8H2,(H,10,11). The van der Waals surface area contributed by atoms with Crippen molar-refractivity contribution in [2.75, 3.05) is 26.2 Å². The number of nitrogens with two attached hydrogens (primary N) is 1. The molecule has 0 saturated heterocycles. The van der Waals surface area contributed by atoms with E-state index in [-0.39, 0.29) is 0 Å². The second kappa shape index (κ2) is 14.0. The van der Waals surface area contributed by atoms with Gasteiger partial charge < -0.3 is 16.4 Å². The highest BCUT2D eigenvalue weighted by atomic mass is 16.1. The number of carbonyl (C=O) groups is 1. The van der Waals surface area contributed by atoms with Crippen LogP contribution in [0, 0.1) is 10.8 Å². The molecule has 0 unspecified atom stereocenters. The Morgan fingerprint density at radius 1 is 0.955 bits per heavy atom. The average molecular weight is 316 g/mol. The fourth-order valence-electron chi connectivity index (χ4n) is 1.62. The van der Waals surface area contributed by atoms with Crippen molar-refractivity contribution in [3.8, 4) is 0 Å². The number of amides is 1. The Hall–Kier alpha value is -0.610. The molecule has 4 heteroatoms. The third-order valence-corrected chi connectivity index (χ3v) is 3.82. The van der Waals surface area contributed by atoms with Crippen LogP contribution in [0.3, 0.4) is 0 Å². The van der Waals surface area contributed by atoms with Gasteiger partial charge in [0, 0.05) is 6.54 Å². The largest absolute Gasteiger partial charge is 0.359 e. The molecule has 22 heavy (non-hydrogen) atoms. The maximum absolute atomic E-state index is 9.79. The van der Waals surface area contributed by atoms with Crippen molar-refractivity contribution in [3.05, 3.63) is 0 Å². The molecular weight excluding hydrogens is 274 g/mol. The first-order valence-corrected chi connectivity index (χ1v) is 8.76. The molecule has 1 amide bonds. The smallest absolute Gasteiger partial charge is 0.207 e. The molecule has 0 aliphatic heterocycles. The van der Waals surface area contributed by atoms with Crippen LogP contribution in [0.1, 0.15) is 73.6 Å². The second-order valence-corrected chi connectivity index (χ2v) is 7.90. The van der Waals surface area contributed by atoms with Crippen LogP contribution >= 0.6 is 0 Å². The summed E-state index contributed by atoms with van der Waals surface area (Å²) in [6.45, 7) is 17.4. The number of carbonyl (C=O) groups excluding carboxylic acids is 1. The molecule has 0 fully saturated rings. The topological polar surface area (TPSA) is 67.2 Å². The van der Waals surface area contributed by atoms with Crippen molar-refractivity contribution < 1.29 is 4.79 Å². The van der Waals surface area contributed by atoms with Gasteiger partial charge in [0.05, 0.1) is 0 Å². The lowest BCUT2D eigenvalue weighted by Crippen LogP contribution is -2.23. The van der Waals surface area contributed by atoms with Crippen LogP contribution in [-0.2, 0) is 4.79 Å². The highest BCUT2D eigenvalue weighted by Crippen LogP contribution is 2.32. The zero-order valence-electron chi connectivity index (χ0n) is 15.9. The fraction of sp³-hybridized carbons (Fsp3) is 0.944. The van der Waals surface area contributed by atoms with E-state index in [1.165, 1.54) is 19.3 Å². The molecule has 0 heterocycles. The Labute approximate surface area is 139 Å². The molecule has 0 radical (unpaired) electrons. The minimum Gasteiger partial charge on any atom is -0.359 e. The van der Waals surface area contributed by atoms with E-state index in [0.717, 1.165) is 45.4 Å². The van der Waals surface area contributed by atoms with Crippen LogP contribution in [0.5, 0.6) is 0 Å². The summed E-state index contributed by atoms with van der Waals surface area (Å²) in [5, 5.41) is 5.80. The predicted molar refractivity (Wildman–Crippen MR) is 98.0 cm³/mol. The summed E-state index contributed by atoms with van der Waals surface area (Å²) >= 11 is 0. The minimum absolute atomic E-state index is 0.506. The van der Waals surface area contributed by atoms with Crippen LogP contribution < -0.4 is 16.4 Å². The molecule has 0 aromatic carbocycles. The van der Waals surface area contributed by atoms with Gasteiger partial charge in [-0.1, -0.05) is 48.0 Å². The molecular formula is C18H41N3O. The van der Waals surface area contributed by atoms with Gasteiger partial charge in [-0.05, 0) is 56.1 Å². The third-order valence-electron chi connectivity index (χ3n) is 3.82. The van der Waals surface area contributed by atoms with Crippen molar-refractivity contribution in [3.63, 3.8) is 0 Å². The van der Waals surface area contributed by atoms with Crippen molar-refractivity contribution in [2.24, 2.45) is 16.6 Å². The van der Waals surface area contributed by atoms with Gasteiger partial charge in [-0.15, -0.1) is 0 Å². The van der Waals surface area contributed by atoms with Crippen LogP contribution in [0.25, 0.3) is 0 Å². The van der Waals surface area contributed by atoms with Gasteiger partial charge in [-0.2, -0.15) is 0 Å². The summed E-state index contributed by atoms with van der Waals surface area (Å²) in [5.41, 5.74) is 6.35. The van der Waals surface area contributed by atoms with E-state index in [9.17, 15) is 4.79 Å². The second-order valence-electron chi connectivity index (χ2n) is 7.90. The zero-order chi connectivity index (χ0) is 17.5. The van der Waals surface area contributed by atoms with E-state index in [2.05, 4.69) is 52.2 Å². The summed E-state index contributed by atoms with van der Waals surface area (Å²) in [7, 11) is 0. The van der Waals surface area contributed by atoms with Gasteiger partial charge in [0.15, 0.2) is 0 Å². The SMILES string of the molecule is CCC(C)(C)CCC(C)(C)C.NCCCNCCCNC=O. The Bertz CT molecular complexity index is 247. The van der Waals surface area contributed by atoms with E-state index in [1.807, 2.05) is 0 Å². The first-order chi connectivity index (χ1) is 10.2. The normalized spacial score (nSPS) is 11.6. The van der Waals surface area contributed by atoms with Gasteiger partial charge in [-0.25, -0.2) is 0 Å². The lowest BCUT2D eigenvalue weighted by atomic mass is 9.79. The van der Waals surface area contributed by atoms with E-state index in [1.54, 1.807) is 0 Å². The van der Waals surface area contributed by atoms with Crippen LogP contribution in [0.15, 0.2) is 0 Å². The summed E-state index contributed by atoms with van der Waals surface area (Å²) in [5.74, 6) is 0. The third kappa shape index (κ3) is 21.7. The van der Waals surface area contributed by atoms with Crippen molar-refractivity contribution in [1.82, 2.24) is 10.6 Å². The molecule has 0 aromatic heterocycles. The molecule has 0 rings (SSSR count). The highest BCUT2D eigenvalue weighted by molar-refractivity contribution is 5.45. The molecule has 0 spiro atoms. The zero-order valence-corrected chi connectivity index (χ0v) is 15.9. The average Bonchev–Trinajstić information content (AvgIpc) is 2.45. The highest BCUT2D eigenvalue weighted by Gasteiger charge is 2.19. The van der Waals surface area contributed by atoms with Crippen LogP contribution in [0.2, 0.25) is 0 Å². The molecule has 0 bridgehead atoms. The number of hydrogen-bond donors (Lipinski definition) is 3. The fourth-order valence-corrected chi connectivity index (χ4v) is 1.62. The van der Waals surface area contributed by atoms with E-state index in [0.29, 0.717) is 10.8 Å². The van der Waals surface area contributed by atoms with Crippen LogP contribution in [0.4, 0.5) is 0 Å². The molecule has 0 saturated carbocycles. The Kier molecular flexibility index (Phi) is 15.1. The molecule has 134 valence electrons. The minimum atomic E-state index is 0.506. The Morgan fingerprint density at radius 2 is 1.55 bits per heavy atom. The van der Waals surface area contributed by atoms with Gasteiger partial charge in [0.1, 0.15) is 0 Å². The van der Waals surface area contributed by atoms with Crippen LogP contribution in [-0.4, -0.2) is 32.6 Å². The molecule has 0 atom stereocenters. The summed E-state index contributed by atoms with van der Waals surface area (Å²) in [4.78, 5) is 9.79. The van der Waals surface area contributed by atoms with Gasteiger partial charge in [0.25, 0.3) is 0 Å². The van der Waals surface area contributed by atoms with E-state index in [4.69, 9.17) is 5.73 Å². The van der Waals surface area contributed by atoms with Crippen molar-refractivity contribution >= 4 is 6.41 Å².